The minimum absolute atomic E-state index is 0.0761. The van der Waals surface area contributed by atoms with E-state index in [-0.39, 0.29) is 25.2 Å². The van der Waals surface area contributed by atoms with Crippen LogP contribution in [0.4, 0.5) is 0 Å². The molecule has 5 heteroatoms. The fourth-order valence-electron chi connectivity index (χ4n) is 8.62. The van der Waals surface area contributed by atoms with Crippen molar-refractivity contribution < 1.29 is 23.8 Å². The molecule has 0 saturated heterocycles. The Morgan fingerprint density at radius 2 is 0.662 bits per heavy atom. The number of carbonyl (C=O) groups excluding carboxylic acids is 2. The third-order valence-electron chi connectivity index (χ3n) is 13.0. The Bertz CT molecular complexity index is 1170. The molecule has 0 aromatic heterocycles. The van der Waals surface area contributed by atoms with Crippen molar-refractivity contribution in [1.82, 2.24) is 0 Å². The van der Waals surface area contributed by atoms with Crippen molar-refractivity contribution in [3.05, 3.63) is 60.8 Å². The normalized spacial score (nSPS) is 12.6. The summed E-state index contributed by atoms with van der Waals surface area (Å²) in [5.74, 6) is -0.400. The van der Waals surface area contributed by atoms with Crippen LogP contribution in [-0.4, -0.2) is 37.9 Å². The van der Waals surface area contributed by atoms with Crippen molar-refractivity contribution in [2.75, 3.05) is 19.8 Å². The average molecular weight is 952 g/mol. The second kappa shape index (κ2) is 58.9. The van der Waals surface area contributed by atoms with Gasteiger partial charge in [-0.25, -0.2) is 0 Å². The Labute approximate surface area is 424 Å². The molecule has 0 saturated carbocycles. The number of hydrogen-bond acceptors (Lipinski definition) is 5. The largest absolute Gasteiger partial charge is 0.462 e. The average Bonchev–Trinajstić information content (AvgIpc) is 3.34. The molecule has 0 aliphatic rings. The number of unbranched alkanes of at least 4 members (excludes halogenated alkanes) is 34. The fourth-order valence-corrected chi connectivity index (χ4v) is 8.62. The molecule has 68 heavy (non-hydrogen) atoms. The lowest BCUT2D eigenvalue weighted by Gasteiger charge is -2.18. The smallest absolute Gasteiger partial charge is 0.306 e. The Morgan fingerprint density at radius 1 is 0.338 bits per heavy atom. The molecule has 1 unspecified atom stereocenters. The van der Waals surface area contributed by atoms with E-state index in [1.54, 1.807) is 0 Å². The highest BCUT2D eigenvalue weighted by molar-refractivity contribution is 5.70. The van der Waals surface area contributed by atoms with Crippen LogP contribution in [0.25, 0.3) is 0 Å². The van der Waals surface area contributed by atoms with E-state index in [0.29, 0.717) is 19.4 Å². The molecule has 1 atom stereocenters. The lowest BCUT2D eigenvalue weighted by Crippen LogP contribution is -2.30. The van der Waals surface area contributed by atoms with E-state index in [2.05, 4.69) is 81.5 Å². The molecular weight excluding hydrogens is 837 g/mol. The Balaban J connectivity index is 4.25. The second-order valence-corrected chi connectivity index (χ2v) is 19.9. The molecule has 0 amide bonds. The number of ether oxygens (including phenoxy) is 3. The van der Waals surface area contributed by atoms with Gasteiger partial charge >= 0.3 is 11.9 Å². The molecular formula is C63H114O5. The number of esters is 2. The van der Waals surface area contributed by atoms with Crippen LogP contribution in [0.15, 0.2) is 60.8 Å². The van der Waals surface area contributed by atoms with Gasteiger partial charge in [0.05, 0.1) is 6.61 Å². The summed E-state index contributed by atoms with van der Waals surface area (Å²) >= 11 is 0. The van der Waals surface area contributed by atoms with E-state index in [9.17, 15) is 9.59 Å². The maximum atomic E-state index is 12.9. The molecule has 0 N–H and O–H groups in total. The summed E-state index contributed by atoms with van der Waals surface area (Å²) < 4.78 is 17.5. The van der Waals surface area contributed by atoms with Gasteiger partial charge in [0, 0.05) is 19.4 Å². The van der Waals surface area contributed by atoms with Gasteiger partial charge in [0.25, 0.3) is 0 Å². The molecule has 0 bridgehead atoms. The van der Waals surface area contributed by atoms with Crippen LogP contribution in [0.2, 0.25) is 0 Å². The van der Waals surface area contributed by atoms with Gasteiger partial charge in [-0.15, -0.1) is 0 Å². The van der Waals surface area contributed by atoms with Crippen LogP contribution in [0.1, 0.15) is 303 Å². The minimum Gasteiger partial charge on any atom is -0.462 e. The molecule has 0 heterocycles. The lowest BCUT2D eigenvalue weighted by atomic mass is 10.0. The molecule has 5 nitrogen and oxygen atoms in total. The maximum Gasteiger partial charge on any atom is 0.306 e. The van der Waals surface area contributed by atoms with Crippen LogP contribution < -0.4 is 0 Å². The summed E-state index contributed by atoms with van der Waals surface area (Å²) in [6.07, 6.45) is 75.3. The first-order chi connectivity index (χ1) is 33.6. The number of rotatable bonds is 55. The van der Waals surface area contributed by atoms with Crippen LogP contribution in [0.5, 0.6) is 0 Å². The quantitative estimate of drug-likeness (QED) is 0.0345. The summed E-state index contributed by atoms with van der Waals surface area (Å²) in [4.78, 5) is 25.6. The zero-order valence-corrected chi connectivity index (χ0v) is 45.6. The van der Waals surface area contributed by atoms with E-state index < -0.39 is 6.10 Å². The Morgan fingerprint density at radius 3 is 1.09 bits per heavy atom. The van der Waals surface area contributed by atoms with Gasteiger partial charge in [0.1, 0.15) is 6.61 Å². The number of hydrogen-bond donors (Lipinski definition) is 0. The van der Waals surface area contributed by atoms with Gasteiger partial charge in [-0.2, -0.15) is 0 Å². The zero-order chi connectivity index (χ0) is 49.2. The van der Waals surface area contributed by atoms with E-state index in [1.807, 2.05) is 0 Å². The molecule has 396 valence electrons. The predicted octanol–water partition coefficient (Wildman–Crippen LogP) is 20.5. The molecule has 0 radical (unpaired) electrons. The fraction of sp³-hybridized carbons (Fsp3) is 0.810. The highest BCUT2D eigenvalue weighted by atomic mass is 16.6. The van der Waals surface area contributed by atoms with Crippen molar-refractivity contribution in [2.45, 2.75) is 309 Å². The van der Waals surface area contributed by atoms with E-state index >= 15 is 0 Å². The van der Waals surface area contributed by atoms with Crippen molar-refractivity contribution in [2.24, 2.45) is 0 Å². The SMILES string of the molecule is CC/C=C\C/C=C\C/C=C\CCCCCCOCC(COC(=O)CCCCCCCCCCC/C=C\C/C=C\CCCCC)OC(=O)CCCCCCCCCCCCCCCCCCCCC. The molecule has 0 aromatic rings. The highest BCUT2D eigenvalue weighted by Crippen LogP contribution is 2.17. The monoisotopic (exact) mass is 951 g/mol. The molecule has 0 aliphatic carbocycles. The Kier molecular flexibility index (Phi) is 56.8. The van der Waals surface area contributed by atoms with Crippen LogP contribution in [-0.2, 0) is 23.8 Å². The molecule has 0 aromatic carbocycles. The number of allylic oxidation sites excluding steroid dienone is 10. The van der Waals surface area contributed by atoms with Gasteiger partial charge < -0.3 is 14.2 Å². The third kappa shape index (κ3) is 56.2. The van der Waals surface area contributed by atoms with E-state index in [0.717, 1.165) is 70.6 Å². The van der Waals surface area contributed by atoms with Gasteiger partial charge in [-0.3, -0.25) is 9.59 Å². The summed E-state index contributed by atoms with van der Waals surface area (Å²) in [5, 5.41) is 0. The van der Waals surface area contributed by atoms with Crippen LogP contribution in [0.3, 0.4) is 0 Å². The molecule has 0 aliphatic heterocycles. The van der Waals surface area contributed by atoms with Crippen molar-refractivity contribution >= 4 is 11.9 Å². The van der Waals surface area contributed by atoms with Gasteiger partial charge in [-0.1, -0.05) is 268 Å². The summed E-state index contributed by atoms with van der Waals surface area (Å²) in [6.45, 7) is 7.69. The summed E-state index contributed by atoms with van der Waals surface area (Å²) in [7, 11) is 0. The lowest BCUT2D eigenvalue weighted by molar-refractivity contribution is -0.163. The molecule has 0 spiro atoms. The molecule has 0 rings (SSSR count). The number of carbonyl (C=O) groups is 2. The maximum absolute atomic E-state index is 12.9. The second-order valence-electron chi connectivity index (χ2n) is 19.9. The van der Waals surface area contributed by atoms with E-state index in [1.165, 1.54) is 199 Å². The topological polar surface area (TPSA) is 61.8 Å². The Hall–Kier alpha value is -2.40. The standard InChI is InChI=1S/C63H114O5/c1-4-7-10-13-16-19-22-25-28-30-32-34-36-38-41-44-47-50-53-56-62(64)67-60-61(59-66-58-55-52-49-46-43-40-27-24-21-18-15-12-9-6-3)68-63(65)57-54-51-48-45-42-39-37-35-33-31-29-26-23-20-17-14-11-8-5-2/h9,12,16,18-19,21,25,27-28,40,61H,4-8,10-11,13-15,17,20,22-24,26,29-39,41-60H2,1-3H3/b12-9-,19-16-,21-18-,28-25-,40-27-. The highest BCUT2D eigenvalue weighted by Gasteiger charge is 2.17. The summed E-state index contributed by atoms with van der Waals surface area (Å²) in [5.41, 5.74) is 0. The van der Waals surface area contributed by atoms with Gasteiger partial charge in [0.15, 0.2) is 6.10 Å². The van der Waals surface area contributed by atoms with Crippen molar-refractivity contribution in [1.29, 1.82) is 0 Å². The summed E-state index contributed by atoms with van der Waals surface area (Å²) in [6, 6.07) is 0. The third-order valence-corrected chi connectivity index (χ3v) is 13.0. The predicted molar refractivity (Wildman–Crippen MR) is 298 cm³/mol. The first kappa shape index (κ1) is 65.6. The van der Waals surface area contributed by atoms with Crippen molar-refractivity contribution in [3.8, 4) is 0 Å². The van der Waals surface area contributed by atoms with E-state index in [4.69, 9.17) is 14.2 Å². The van der Waals surface area contributed by atoms with Gasteiger partial charge in [0.2, 0.25) is 0 Å². The zero-order valence-electron chi connectivity index (χ0n) is 45.6. The molecule has 0 fully saturated rings. The first-order valence-corrected chi connectivity index (χ1v) is 29.8. The van der Waals surface area contributed by atoms with Crippen LogP contribution in [0, 0.1) is 0 Å². The first-order valence-electron chi connectivity index (χ1n) is 29.8. The van der Waals surface area contributed by atoms with Gasteiger partial charge in [-0.05, 0) is 83.5 Å². The minimum atomic E-state index is -0.549. The van der Waals surface area contributed by atoms with Crippen molar-refractivity contribution in [3.63, 3.8) is 0 Å². The van der Waals surface area contributed by atoms with Crippen LogP contribution >= 0.6 is 0 Å².